The highest BCUT2D eigenvalue weighted by Crippen LogP contribution is 2.65. The molecule has 2 aliphatic heterocycles. The van der Waals surface area contributed by atoms with Gasteiger partial charge in [0.1, 0.15) is 11.5 Å². The van der Waals surface area contributed by atoms with Crippen LogP contribution in [-0.2, 0) is 29.4 Å². The molecule has 4 amide bonds. The summed E-state index contributed by atoms with van der Waals surface area (Å²) in [5.74, 6) is -6.22. The number of aromatic hydroxyl groups is 1. The highest BCUT2D eigenvalue weighted by atomic mass is 35.5. The molecule has 6 atom stereocenters. The average Bonchev–Trinajstić information content (AvgIpc) is 3.50. The Morgan fingerprint density at radius 1 is 0.906 bits per heavy atom. The fourth-order valence-corrected chi connectivity index (χ4v) is 9.68. The molecule has 7 rings (SSSR count). The van der Waals surface area contributed by atoms with Crippen molar-refractivity contribution in [1.82, 2.24) is 9.91 Å². The molecule has 2 heterocycles. The number of carbonyl (C=O) groups is 5. The van der Waals surface area contributed by atoms with Gasteiger partial charge in [0.25, 0.3) is 11.8 Å². The van der Waals surface area contributed by atoms with Gasteiger partial charge in [0.05, 0.1) is 41.0 Å². The first-order chi connectivity index (χ1) is 25.4. The third-order valence-corrected chi connectivity index (χ3v) is 12.1. The van der Waals surface area contributed by atoms with Gasteiger partial charge in [0, 0.05) is 28.9 Å². The SMILES string of the molecule is COc1ccc(C23C(=O)N(Nc4ccc(Cl)cc4Cl)C(=O)C2CC2C(=CCC4C(=O)N(CCCCCC(=O)O)C(=O)C42)C3c2ccc(O)cc2Cl)cc1. The third-order valence-electron chi connectivity index (χ3n) is 11.2. The van der Waals surface area contributed by atoms with Crippen molar-refractivity contribution in [3.63, 3.8) is 0 Å². The first kappa shape index (κ1) is 36.8. The third kappa shape index (κ3) is 6.12. The van der Waals surface area contributed by atoms with E-state index in [1.807, 2.05) is 6.08 Å². The molecule has 3 aromatic carbocycles. The summed E-state index contributed by atoms with van der Waals surface area (Å²) in [5, 5.41) is 21.1. The van der Waals surface area contributed by atoms with Gasteiger partial charge in [-0.15, -0.1) is 0 Å². The lowest BCUT2D eigenvalue weighted by Gasteiger charge is -2.50. The number of hydrogen-bond acceptors (Lipinski definition) is 8. The van der Waals surface area contributed by atoms with Crippen LogP contribution in [0.3, 0.4) is 0 Å². The van der Waals surface area contributed by atoms with Crippen molar-refractivity contribution in [2.45, 2.75) is 49.9 Å². The number of phenols is 1. The van der Waals surface area contributed by atoms with Gasteiger partial charge in [-0.3, -0.25) is 34.3 Å². The largest absolute Gasteiger partial charge is 0.508 e. The molecule has 3 aromatic rings. The van der Waals surface area contributed by atoms with Crippen molar-refractivity contribution in [2.75, 3.05) is 19.1 Å². The van der Waals surface area contributed by atoms with Gasteiger partial charge < -0.3 is 14.9 Å². The van der Waals surface area contributed by atoms with E-state index in [4.69, 9.17) is 44.6 Å². The Hall–Kier alpha value is -4.58. The van der Waals surface area contributed by atoms with Gasteiger partial charge in [0.2, 0.25) is 11.8 Å². The van der Waals surface area contributed by atoms with E-state index in [2.05, 4.69) is 5.43 Å². The fourth-order valence-electron chi connectivity index (χ4n) is 8.95. The molecule has 0 bridgehead atoms. The highest BCUT2D eigenvalue weighted by molar-refractivity contribution is 6.36. The van der Waals surface area contributed by atoms with Crippen molar-refractivity contribution in [3.05, 3.63) is 98.5 Å². The number of hydrogen-bond donors (Lipinski definition) is 3. The number of nitrogens with one attached hydrogen (secondary N) is 1. The van der Waals surface area contributed by atoms with Crippen LogP contribution in [0.4, 0.5) is 5.69 Å². The van der Waals surface area contributed by atoms with Crippen LogP contribution in [0.2, 0.25) is 15.1 Å². The number of amides is 4. The van der Waals surface area contributed by atoms with Crippen molar-refractivity contribution < 1.29 is 38.9 Å². The molecule has 11 nitrogen and oxygen atoms in total. The zero-order chi connectivity index (χ0) is 37.8. The molecule has 276 valence electrons. The lowest BCUT2D eigenvalue weighted by Crippen LogP contribution is -2.53. The monoisotopic (exact) mass is 779 g/mol. The summed E-state index contributed by atoms with van der Waals surface area (Å²) in [5.41, 5.74) is 3.33. The van der Waals surface area contributed by atoms with Crippen LogP contribution in [0.25, 0.3) is 0 Å². The number of ether oxygens (including phenoxy) is 1. The predicted octanol–water partition coefficient (Wildman–Crippen LogP) is 6.99. The second-order valence-electron chi connectivity index (χ2n) is 14.0. The molecule has 0 spiro atoms. The number of nitrogens with zero attached hydrogens (tertiary/aromatic N) is 2. The number of allylic oxidation sites excluding steroid dienone is 2. The number of benzene rings is 3. The maximum Gasteiger partial charge on any atom is 0.303 e. The smallest absolute Gasteiger partial charge is 0.303 e. The quantitative estimate of drug-likeness (QED) is 0.106. The number of carbonyl (C=O) groups excluding carboxylic acids is 4. The van der Waals surface area contributed by atoms with E-state index in [-0.39, 0.29) is 59.1 Å². The van der Waals surface area contributed by atoms with Gasteiger partial charge in [-0.25, -0.2) is 0 Å². The number of likely N-dealkylation sites (tertiary alicyclic amines) is 1. The van der Waals surface area contributed by atoms with E-state index in [0.717, 1.165) is 5.01 Å². The number of anilines is 1. The van der Waals surface area contributed by atoms with Crippen LogP contribution in [0.1, 0.15) is 55.6 Å². The van der Waals surface area contributed by atoms with E-state index in [9.17, 15) is 24.3 Å². The van der Waals surface area contributed by atoms with Gasteiger partial charge in [0.15, 0.2) is 0 Å². The number of carboxylic acid groups (broad SMARTS) is 1. The lowest BCUT2D eigenvalue weighted by atomic mass is 9.49. The number of imide groups is 2. The minimum absolute atomic E-state index is 0.00386. The highest BCUT2D eigenvalue weighted by Gasteiger charge is 2.70. The maximum atomic E-state index is 15.3. The molecule has 2 saturated heterocycles. The van der Waals surface area contributed by atoms with E-state index in [1.165, 1.54) is 30.2 Å². The van der Waals surface area contributed by atoms with Crippen LogP contribution < -0.4 is 10.2 Å². The second kappa shape index (κ2) is 14.3. The molecule has 2 aliphatic carbocycles. The summed E-state index contributed by atoms with van der Waals surface area (Å²) in [6.45, 7) is 0.162. The van der Waals surface area contributed by atoms with Gasteiger partial charge in [-0.2, -0.15) is 5.01 Å². The number of carboxylic acids is 1. The first-order valence-electron chi connectivity index (χ1n) is 17.4. The van der Waals surface area contributed by atoms with Crippen LogP contribution >= 0.6 is 34.8 Å². The summed E-state index contributed by atoms with van der Waals surface area (Å²) in [4.78, 5) is 70.5. The van der Waals surface area contributed by atoms with Crippen molar-refractivity contribution >= 4 is 70.1 Å². The number of methoxy groups -OCH3 is 1. The number of phenolic OH excluding ortho intramolecular Hbond substituents is 1. The normalized spacial score (nSPS) is 26.3. The van der Waals surface area contributed by atoms with Crippen LogP contribution in [-0.4, -0.2) is 63.4 Å². The van der Waals surface area contributed by atoms with E-state index in [0.29, 0.717) is 46.7 Å². The number of unbranched alkanes of at least 4 members (excludes halogenated alkanes) is 2. The summed E-state index contributed by atoms with van der Waals surface area (Å²) < 4.78 is 5.44. The molecular formula is C39H36Cl3N3O8. The Morgan fingerprint density at radius 3 is 2.34 bits per heavy atom. The van der Waals surface area contributed by atoms with Crippen molar-refractivity contribution in [3.8, 4) is 11.5 Å². The number of aliphatic carboxylic acids is 1. The Morgan fingerprint density at radius 2 is 1.66 bits per heavy atom. The van der Waals surface area contributed by atoms with Crippen LogP contribution in [0.15, 0.2) is 72.3 Å². The average molecular weight is 781 g/mol. The van der Waals surface area contributed by atoms with E-state index < -0.39 is 52.8 Å². The molecule has 0 aromatic heterocycles. The minimum Gasteiger partial charge on any atom is -0.508 e. The minimum atomic E-state index is -1.60. The van der Waals surface area contributed by atoms with Crippen molar-refractivity contribution in [1.29, 1.82) is 0 Å². The Bertz CT molecular complexity index is 2060. The molecule has 3 N–H and O–H groups in total. The second-order valence-corrected chi connectivity index (χ2v) is 15.2. The summed E-state index contributed by atoms with van der Waals surface area (Å²) >= 11 is 19.6. The number of rotatable bonds is 11. The molecule has 53 heavy (non-hydrogen) atoms. The van der Waals surface area contributed by atoms with Crippen LogP contribution in [0.5, 0.6) is 11.5 Å². The Kier molecular flexibility index (Phi) is 9.95. The summed E-state index contributed by atoms with van der Waals surface area (Å²) in [6.07, 6.45) is 3.67. The number of halogens is 3. The Balaban J connectivity index is 1.36. The zero-order valence-corrected chi connectivity index (χ0v) is 30.8. The van der Waals surface area contributed by atoms with E-state index >= 15 is 4.79 Å². The topological polar surface area (TPSA) is 154 Å². The molecule has 6 unspecified atom stereocenters. The molecule has 3 fully saturated rings. The Labute approximate surface area is 320 Å². The maximum absolute atomic E-state index is 15.3. The number of hydrazine groups is 1. The van der Waals surface area contributed by atoms with Crippen molar-refractivity contribution in [2.24, 2.45) is 23.7 Å². The molecule has 1 saturated carbocycles. The fraction of sp³-hybridized carbons (Fsp3) is 0.359. The van der Waals surface area contributed by atoms with Gasteiger partial charge in [-0.05, 0) is 85.2 Å². The van der Waals surface area contributed by atoms with Gasteiger partial charge in [-0.1, -0.05) is 71.1 Å². The first-order valence-corrected chi connectivity index (χ1v) is 18.5. The molecule has 0 radical (unpaired) electrons. The van der Waals surface area contributed by atoms with Gasteiger partial charge >= 0.3 is 5.97 Å². The molecule has 4 aliphatic rings. The van der Waals surface area contributed by atoms with Crippen LogP contribution in [0, 0.1) is 23.7 Å². The molecule has 14 heteroatoms. The summed E-state index contributed by atoms with van der Waals surface area (Å²) in [7, 11) is 1.52. The predicted molar refractivity (Wildman–Crippen MR) is 197 cm³/mol. The van der Waals surface area contributed by atoms with E-state index in [1.54, 1.807) is 42.5 Å². The lowest BCUT2D eigenvalue weighted by molar-refractivity contribution is -0.141. The summed E-state index contributed by atoms with van der Waals surface area (Å²) in [6, 6.07) is 16.0. The standard InChI is InChI=1S/C39H36Cl3N3O8/c1-53-23-10-6-20(7-11-23)39-28(36(50)45(38(39)52)43-31-15-8-21(40)17-30(31)42)19-27-24(34(39)25-12-9-22(46)18-29(25)41)13-14-26-33(27)37(51)44(35(26)49)16-4-2-3-5-32(47)48/h6-13,15,17-18,26-28,33-34,43,46H,2-5,14,16,19H2,1H3,(H,47,48). The zero-order valence-electron chi connectivity index (χ0n) is 28.6. The number of fused-ring (bicyclic) bond motifs is 4. The molecular weight excluding hydrogens is 745 g/mol.